The van der Waals surface area contributed by atoms with Gasteiger partial charge in [0, 0.05) is 24.3 Å². The molecule has 3 nitrogen and oxygen atoms in total. The number of hydrogen-bond acceptors (Lipinski definition) is 3. The van der Waals surface area contributed by atoms with Crippen LogP contribution in [0.2, 0.25) is 0 Å². The van der Waals surface area contributed by atoms with E-state index in [0.717, 1.165) is 30.8 Å². The van der Waals surface area contributed by atoms with E-state index in [2.05, 4.69) is 40.6 Å². The van der Waals surface area contributed by atoms with Crippen molar-refractivity contribution in [2.45, 2.75) is 38.3 Å². The van der Waals surface area contributed by atoms with Gasteiger partial charge in [-0.1, -0.05) is 36.4 Å². The van der Waals surface area contributed by atoms with E-state index in [0.29, 0.717) is 12.6 Å². The van der Waals surface area contributed by atoms with Gasteiger partial charge in [-0.15, -0.1) is 0 Å². The summed E-state index contributed by atoms with van der Waals surface area (Å²) in [7, 11) is 0. The lowest BCUT2D eigenvalue weighted by Crippen LogP contribution is -2.16. The molecule has 0 amide bonds. The second kappa shape index (κ2) is 7.23. The maximum atomic E-state index is 5.86. The van der Waals surface area contributed by atoms with Gasteiger partial charge in [0.15, 0.2) is 0 Å². The molecule has 2 aromatic rings. The van der Waals surface area contributed by atoms with Crippen molar-refractivity contribution in [3.63, 3.8) is 0 Å². The smallest absolute Gasteiger partial charge is 0.217 e. The Bertz CT molecular complexity index is 552. The molecule has 1 aromatic carbocycles. The number of aromatic nitrogens is 1. The Kier molecular flexibility index (Phi) is 4.85. The Labute approximate surface area is 126 Å². The van der Waals surface area contributed by atoms with Gasteiger partial charge >= 0.3 is 0 Å². The molecular formula is C18H22N2O. The zero-order valence-corrected chi connectivity index (χ0v) is 12.3. The Morgan fingerprint density at radius 2 is 1.95 bits per heavy atom. The van der Waals surface area contributed by atoms with Crippen molar-refractivity contribution >= 4 is 0 Å². The number of nitrogens with one attached hydrogen (secondary N) is 1. The maximum absolute atomic E-state index is 5.86. The van der Waals surface area contributed by atoms with E-state index >= 15 is 0 Å². The van der Waals surface area contributed by atoms with E-state index in [9.17, 15) is 0 Å². The summed E-state index contributed by atoms with van der Waals surface area (Å²) in [5.41, 5.74) is 2.52. The van der Waals surface area contributed by atoms with Crippen LogP contribution in [0.4, 0.5) is 0 Å². The van der Waals surface area contributed by atoms with Crippen LogP contribution in [-0.4, -0.2) is 17.6 Å². The first-order chi connectivity index (χ1) is 10.4. The zero-order chi connectivity index (χ0) is 14.3. The van der Waals surface area contributed by atoms with Crippen molar-refractivity contribution in [2.75, 3.05) is 6.61 Å². The number of pyridine rings is 1. The Morgan fingerprint density at radius 1 is 1.10 bits per heavy atom. The largest absolute Gasteiger partial charge is 0.477 e. The molecule has 0 spiro atoms. The lowest BCUT2D eigenvalue weighted by molar-refractivity contribution is 0.295. The molecule has 1 saturated carbocycles. The normalized spacial score (nSPS) is 14.1. The van der Waals surface area contributed by atoms with Crippen LogP contribution >= 0.6 is 0 Å². The summed E-state index contributed by atoms with van der Waals surface area (Å²) in [6.45, 7) is 1.56. The first-order valence-electron chi connectivity index (χ1n) is 7.76. The third-order valence-electron chi connectivity index (χ3n) is 3.70. The molecule has 1 N–H and O–H groups in total. The predicted octanol–water partition coefficient (Wildman–Crippen LogP) is 3.35. The predicted molar refractivity (Wildman–Crippen MR) is 84.4 cm³/mol. The van der Waals surface area contributed by atoms with Gasteiger partial charge in [0.05, 0.1) is 6.61 Å². The fourth-order valence-electron chi connectivity index (χ4n) is 2.32. The second-order valence-corrected chi connectivity index (χ2v) is 5.56. The number of benzene rings is 1. The maximum Gasteiger partial charge on any atom is 0.217 e. The van der Waals surface area contributed by atoms with Gasteiger partial charge in [-0.05, 0) is 37.3 Å². The molecule has 0 atom stereocenters. The molecule has 0 unspecified atom stereocenters. The first-order valence-corrected chi connectivity index (χ1v) is 7.76. The van der Waals surface area contributed by atoms with E-state index < -0.39 is 0 Å². The molecular weight excluding hydrogens is 260 g/mol. The van der Waals surface area contributed by atoms with Crippen LogP contribution in [-0.2, 0) is 13.0 Å². The van der Waals surface area contributed by atoms with Gasteiger partial charge in [-0.25, -0.2) is 4.98 Å². The van der Waals surface area contributed by atoms with Crippen LogP contribution < -0.4 is 10.1 Å². The highest BCUT2D eigenvalue weighted by Crippen LogP contribution is 2.21. The molecule has 1 fully saturated rings. The van der Waals surface area contributed by atoms with Crippen molar-refractivity contribution in [3.05, 3.63) is 59.8 Å². The number of aryl methyl sites for hydroxylation is 1. The van der Waals surface area contributed by atoms with Crippen molar-refractivity contribution in [1.82, 2.24) is 10.3 Å². The highest BCUT2D eigenvalue weighted by atomic mass is 16.5. The molecule has 0 aliphatic heterocycles. The minimum Gasteiger partial charge on any atom is -0.477 e. The average molecular weight is 282 g/mol. The zero-order valence-electron chi connectivity index (χ0n) is 12.3. The molecule has 1 aliphatic rings. The minimum atomic E-state index is 0.705. The fourth-order valence-corrected chi connectivity index (χ4v) is 2.32. The second-order valence-electron chi connectivity index (χ2n) is 5.56. The number of nitrogens with zero attached hydrogens (tertiary/aromatic N) is 1. The van der Waals surface area contributed by atoms with Gasteiger partial charge in [-0.2, -0.15) is 0 Å². The molecule has 21 heavy (non-hydrogen) atoms. The molecule has 1 heterocycles. The lowest BCUT2D eigenvalue weighted by Gasteiger charge is -2.10. The molecule has 0 saturated heterocycles. The summed E-state index contributed by atoms with van der Waals surface area (Å²) in [4.78, 5) is 4.36. The molecule has 1 aliphatic carbocycles. The Balaban J connectivity index is 1.45. The van der Waals surface area contributed by atoms with E-state index in [-0.39, 0.29) is 0 Å². The van der Waals surface area contributed by atoms with E-state index in [1.165, 1.54) is 18.4 Å². The standard InChI is InChI=1S/C18H22N2O/c1-2-6-15(7-3-1)8-5-13-21-18-16(9-4-12-19-18)14-20-17-10-11-17/h1-4,6-7,9,12,17,20H,5,8,10-11,13-14H2. The summed E-state index contributed by atoms with van der Waals surface area (Å²) in [5, 5.41) is 3.51. The SMILES string of the molecule is c1ccc(CCCOc2ncccc2CNC2CC2)cc1. The van der Waals surface area contributed by atoms with Gasteiger partial charge in [0.2, 0.25) is 5.88 Å². The molecule has 3 heteroatoms. The quantitative estimate of drug-likeness (QED) is 0.754. The molecule has 0 bridgehead atoms. The third kappa shape index (κ3) is 4.57. The van der Waals surface area contributed by atoms with Crippen molar-refractivity contribution in [2.24, 2.45) is 0 Å². The fraction of sp³-hybridized carbons (Fsp3) is 0.389. The highest BCUT2D eigenvalue weighted by molar-refractivity contribution is 5.25. The lowest BCUT2D eigenvalue weighted by atomic mass is 10.1. The summed E-state index contributed by atoms with van der Waals surface area (Å²) < 4.78 is 5.86. The monoisotopic (exact) mass is 282 g/mol. The van der Waals surface area contributed by atoms with Gasteiger partial charge < -0.3 is 10.1 Å². The minimum absolute atomic E-state index is 0.705. The number of ether oxygens (including phenoxy) is 1. The van der Waals surface area contributed by atoms with Crippen LogP contribution in [0.15, 0.2) is 48.7 Å². The summed E-state index contributed by atoms with van der Waals surface area (Å²) >= 11 is 0. The van der Waals surface area contributed by atoms with Crippen LogP contribution in [0.5, 0.6) is 5.88 Å². The van der Waals surface area contributed by atoms with Crippen LogP contribution in [0.1, 0.15) is 30.4 Å². The summed E-state index contributed by atoms with van der Waals surface area (Å²) in [6, 6.07) is 15.3. The van der Waals surface area contributed by atoms with Crippen molar-refractivity contribution in [1.29, 1.82) is 0 Å². The number of hydrogen-bond donors (Lipinski definition) is 1. The van der Waals surface area contributed by atoms with Crippen molar-refractivity contribution in [3.8, 4) is 5.88 Å². The first kappa shape index (κ1) is 14.1. The Hall–Kier alpha value is -1.87. The third-order valence-corrected chi connectivity index (χ3v) is 3.70. The highest BCUT2D eigenvalue weighted by Gasteiger charge is 2.20. The molecule has 110 valence electrons. The van der Waals surface area contributed by atoms with Gasteiger partial charge in [0.25, 0.3) is 0 Å². The molecule has 0 radical (unpaired) electrons. The van der Waals surface area contributed by atoms with Crippen LogP contribution in [0.25, 0.3) is 0 Å². The van der Waals surface area contributed by atoms with Crippen molar-refractivity contribution < 1.29 is 4.74 Å². The van der Waals surface area contributed by atoms with E-state index in [4.69, 9.17) is 4.74 Å². The van der Waals surface area contributed by atoms with E-state index in [1.807, 2.05) is 12.1 Å². The molecule has 3 rings (SSSR count). The Morgan fingerprint density at radius 3 is 2.76 bits per heavy atom. The van der Waals surface area contributed by atoms with Crippen LogP contribution in [0.3, 0.4) is 0 Å². The van der Waals surface area contributed by atoms with E-state index in [1.54, 1.807) is 6.20 Å². The summed E-state index contributed by atoms with van der Waals surface area (Å²) in [5.74, 6) is 0.777. The average Bonchev–Trinajstić information content (AvgIpc) is 3.36. The topological polar surface area (TPSA) is 34.1 Å². The van der Waals surface area contributed by atoms with Gasteiger partial charge in [-0.3, -0.25) is 0 Å². The summed E-state index contributed by atoms with van der Waals surface area (Å²) in [6.07, 6.45) is 6.45. The van der Waals surface area contributed by atoms with Crippen LogP contribution in [0, 0.1) is 0 Å². The van der Waals surface area contributed by atoms with Gasteiger partial charge in [0.1, 0.15) is 0 Å². The molecule has 1 aromatic heterocycles. The number of rotatable bonds is 8.